The van der Waals surface area contributed by atoms with E-state index in [-0.39, 0.29) is 17.3 Å². The number of benzene rings is 2. The summed E-state index contributed by atoms with van der Waals surface area (Å²) < 4.78 is 32.6. The lowest BCUT2D eigenvalue weighted by Crippen LogP contribution is -2.30. The molecule has 0 aliphatic rings. The number of aryl methyl sites for hydroxylation is 2. The van der Waals surface area contributed by atoms with E-state index < -0.39 is 10.0 Å². The lowest BCUT2D eigenvalue weighted by molar-refractivity contribution is 0.0953. The summed E-state index contributed by atoms with van der Waals surface area (Å²) in [4.78, 5) is 12.6. The van der Waals surface area contributed by atoms with Crippen molar-refractivity contribution in [1.82, 2.24) is 9.62 Å². The molecule has 1 heterocycles. The zero-order valence-electron chi connectivity index (χ0n) is 17.9. The minimum absolute atomic E-state index is 0.148. The molecule has 1 aromatic heterocycles. The fourth-order valence-electron chi connectivity index (χ4n) is 3.21. The molecule has 1 amide bonds. The van der Waals surface area contributed by atoms with Crippen LogP contribution >= 0.6 is 0 Å². The van der Waals surface area contributed by atoms with Gasteiger partial charge in [0.25, 0.3) is 5.91 Å². The number of nitrogens with one attached hydrogen (secondary N) is 1. The molecule has 0 atom stereocenters. The lowest BCUT2D eigenvalue weighted by Gasteiger charge is -2.21. The van der Waals surface area contributed by atoms with Gasteiger partial charge in [0.1, 0.15) is 5.76 Å². The Labute approximate surface area is 183 Å². The summed E-state index contributed by atoms with van der Waals surface area (Å²) in [6.45, 7) is 4.90. The molecule has 3 aromatic rings. The molecule has 0 saturated heterocycles. The second kappa shape index (κ2) is 10.4. The summed E-state index contributed by atoms with van der Waals surface area (Å²) in [6, 6.07) is 17.7. The molecule has 0 fully saturated rings. The third-order valence-electron chi connectivity index (χ3n) is 5.05. The minimum Gasteiger partial charge on any atom is -0.469 e. The first-order valence-corrected chi connectivity index (χ1v) is 11.8. The topological polar surface area (TPSA) is 79.6 Å². The molecule has 164 valence electrons. The second-order valence-corrected chi connectivity index (χ2v) is 9.32. The Kier molecular flexibility index (Phi) is 7.65. The molecular formula is C24H28N2O4S. The predicted molar refractivity (Wildman–Crippen MR) is 120 cm³/mol. The van der Waals surface area contributed by atoms with Crippen molar-refractivity contribution in [2.24, 2.45) is 0 Å². The summed E-state index contributed by atoms with van der Waals surface area (Å²) in [5.41, 5.74) is 2.38. The van der Waals surface area contributed by atoms with Crippen LogP contribution < -0.4 is 5.32 Å². The molecule has 2 aromatic carbocycles. The van der Waals surface area contributed by atoms with Gasteiger partial charge in [-0.3, -0.25) is 4.79 Å². The van der Waals surface area contributed by atoms with E-state index in [0.717, 1.165) is 29.7 Å². The Morgan fingerprint density at radius 2 is 1.74 bits per heavy atom. The number of amides is 1. The molecule has 7 heteroatoms. The van der Waals surface area contributed by atoms with Gasteiger partial charge >= 0.3 is 0 Å². The molecule has 6 nitrogen and oxygen atoms in total. The van der Waals surface area contributed by atoms with E-state index in [1.807, 2.05) is 26.0 Å². The van der Waals surface area contributed by atoms with Gasteiger partial charge in [0, 0.05) is 31.6 Å². The molecule has 0 unspecified atom stereocenters. The van der Waals surface area contributed by atoms with Gasteiger partial charge < -0.3 is 9.73 Å². The van der Waals surface area contributed by atoms with E-state index in [1.165, 1.54) is 4.31 Å². The Balaban J connectivity index is 1.57. The van der Waals surface area contributed by atoms with Crippen LogP contribution in [0.5, 0.6) is 0 Å². The number of hydrogen-bond donors (Lipinski definition) is 1. The molecule has 0 bridgehead atoms. The van der Waals surface area contributed by atoms with E-state index in [9.17, 15) is 13.2 Å². The summed E-state index contributed by atoms with van der Waals surface area (Å²) in [7, 11) is -3.58. The van der Waals surface area contributed by atoms with E-state index >= 15 is 0 Å². The number of rotatable bonds is 10. The van der Waals surface area contributed by atoms with E-state index in [0.29, 0.717) is 18.7 Å². The van der Waals surface area contributed by atoms with Crippen molar-refractivity contribution >= 4 is 15.9 Å². The van der Waals surface area contributed by atoms with Crippen LogP contribution in [0.4, 0.5) is 0 Å². The Morgan fingerprint density at radius 1 is 1.03 bits per heavy atom. The third-order valence-corrected chi connectivity index (χ3v) is 6.99. The highest BCUT2D eigenvalue weighted by atomic mass is 32.2. The van der Waals surface area contributed by atoms with Crippen LogP contribution in [0.3, 0.4) is 0 Å². The monoisotopic (exact) mass is 440 g/mol. The third kappa shape index (κ3) is 6.06. The molecule has 0 saturated carbocycles. The lowest BCUT2D eigenvalue weighted by atomic mass is 10.1. The van der Waals surface area contributed by atoms with Crippen LogP contribution in [0.1, 0.15) is 40.6 Å². The van der Waals surface area contributed by atoms with Crippen molar-refractivity contribution in [2.75, 3.05) is 13.1 Å². The van der Waals surface area contributed by atoms with E-state index in [1.54, 1.807) is 54.8 Å². The maximum Gasteiger partial charge on any atom is 0.251 e. The van der Waals surface area contributed by atoms with Crippen LogP contribution in [0.2, 0.25) is 0 Å². The molecule has 0 aliphatic carbocycles. The van der Waals surface area contributed by atoms with Gasteiger partial charge in [0.05, 0.1) is 11.2 Å². The van der Waals surface area contributed by atoms with Crippen molar-refractivity contribution in [2.45, 2.75) is 38.1 Å². The molecule has 3 rings (SSSR count). The maximum absolute atomic E-state index is 12.9. The highest BCUT2D eigenvalue weighted by Crippen LogP contribution is 2.19. The quantitative estimate of drug-likeness (QED) is 0.480. The van der Waals surface area contributed by atoms with Gasteiger partial charge in [-0.25, -0.2) is 8.42 Å². The minimum atomic E-state index is -3.58. The first-order valence-electron chi connectivity index (χ1n) is 10.4. The highest BCUT2D eigenvalue weighted by molar-refractivity contribution is 7.89. The smallest absolute Gasteiger partial charge is 0.251 e. The van der Waals surface area contributed by atoms with Gasteiger partial charge in [0.2, 0.25) is 10.0 Å². The molecule has 0 spiro atoms. The average molecular weight is 441 g/mol. The molecule has 0 aliphatic heterocycles. The normalized spacial score (nSPS) is 11.6. The molecular weight excluding hydrogens is 412 g/mol. The summed E-state index contributed by atoms with van der Waals surface area (Å²) >= 11 is 0. The van der Waals surface area contributed by atoms with E-state index in [4.69, 9.17) is 4.42 Å². The Morgan fingerprint density at radius 3 is 2.35 bits per heavy atom. The number of hydrogen-bond acceptors (Lipinski definition) is 4. The van der Waals surface area contributed by atoms with Gasteiger partial charge in [-0.2, -0.15) is 4.31 Å². The Hall–Kier alpha value is -2.90. The zero-order valence-corrected chi connectivity index (χ0v) is 18.7. The van der Waals surface area contributed by atoms with Crippen LogP contribution in [0.15, 0.2) is 76.2 Å². The standard InChI is InChI=1S/C24H28N2O4S/c1-3-26(31(28,29)23-14-8-19(2)9-15-23)18-20-10-12-21(13-11-20)24(27)25-16-4-6-22-7-5-17-30-22/h5,7-15,17H,3-4,6,16,18H2,1-2H3,(H,25,27). The first-order chi connectivity index (χ1) is 14.9. The van der Waals surface area contributed by atoms with Crippen molar-refractivity contribution < 1.29 is 17.6 Å². The van der Waals surface area contributed by atoms with Gasteiger partial charge in [0.15, 0.2) is 0 Å². The average Bonchev–Trinajstić information content (AvgIpc) is 3.29. The largest absolute Gasteiger partial charge is 0.469 e. The fourth-order valence-corrected chi connectivity index (χ4v) is 4.65. The number of carbonyl (C=O) groups excluding carboxylic acids is 1. The maximum atomic E-state index is 12.9. The predicted octanol–water partition coefficient (Wildman–Crippen LogP) is 4.16. The van der Waals surface area contributed by atoms with Crippen LogP contribution in [-0.4, -0.2) is 31.7 Å². The fraction of sp³-hybridized carbons (Fsp3) is 0.292. The van der Waals surface area contributed by atoms with E-state index in [2.05, 4.69) is 5.32 Å². The summed E-state index contributed by atoms with van der Waals surface area (Å²) in [5.74, 6) is 0.755. The molecule has 31 heavy (non-hydrogen) atoms. The van der Waals surface area contributed by atoms with Crippen molar-refractivity contribution in [3.63, 3.8) is 0 Å². The van der Waals surface area contributed by atoms with Crippen molar-refractivity contribution in [1.29, 1.82) is 0 Å². The van der Waals surface area contributed by atoms with Crippen LogP contribution in [0, 0.1) is 6.92 Å². The number of sulfonamides is 1. The number of carbonyl (C=O) groups is 1. The summed E-state index contributed by atoms with van der Waals surface area (Å²) in [5, 5.41) is 2.90. The molecule has 1 N–H and O–H groups in total. The SMILES string of the molecule is CCN(Cc1ccc(C(=O)NCCCc2ccco2)cc1)S(=O)(=O)c1ccc(C)cc1. The van der Waals surface area contributed by atoms with Gasteiger partial charge in [-0.15, -0.1) is 0 Å². The van der Waals surface area contributed by atoms with Gasteiger partial charge in [-0.05, 0) is 55.3 Å². The van der Waals surface area contributed by atoms with Crippen molar-refractivity contribution in [3.8, 4) is 0 Å². The van der Waals surface area contributed by atoms with Crippen LogP contribution in [-0.2, 0) is 23.0 Å². The zero-order chi connectivity index (χ0) is 22.3. The Bertz CT molecular complexity index is 1070. The number of furan rings is 1. The first kappa shape index (κ1) is 22.8. The van der Waals surface area contributed by atoms with Gasteiger partial charge in [-0.1, -0.05) is 36.8 Å². The van der Waals surface area contributed by atoms with Crippen LogP contribution in [0.25, 0.3) is 0 Å². The summed E-state index contributed by atoms with van der Waals surface area (Å²) in [6.07, 6.45) is 3.20. The highest BCUT2D eigenvalue weighted by Gasteiger charge is 2.23. The molecule has 0 radical (unpaired) electrons. The van der Waals surface area contributed by atoms with Crippen molar-refractivity contribution in [3.05, 3.63) is 89.4 Å². The second-order valence-electron chi connectivity index (χ2n) is 7.38. The number of nitrogens with zero attached hydrogens (tertiary/aromatic N) is 1.